The van der Waals surface area contributed by atoms with E-state index >= 15 is 0 Å². The van der Waals surface area contributed by atoms with Gasteiger partial charge in [-0.05, 0) is 29.3 Å². The molecule has 0 aliphatic heterocycles. The fourth-order valence-electron chi connectivity index (χ4n) is 1.88. The first-order valence-corrected chi connectivity index (χ1v) is 6.03. The predicted molar refractivity (Wildman–Crippen MR) is 75.6 cm³/mol. The zero-order valence-corrected chi connectivity index (χ0v) is 11.0. The lowest BCUT2D eigenvalue weighted by Gasteiger charge is -2.08. The molecular weight excluding hydrogens is 258 g/mol. The maximum Gasteiger partial charge on any atom is 0.409 e. The number of carboxylic acid groups (broad SMARTS) is 1. The second kappa shape index (κ2) is 5.97. The number of phenols is 1. The van der Waals surface area contributed by atoms with Crippen molar-refractivity contribution in [2.24, 2.45) is 0 Å². The van der Waals surface area contributed by atoms with E-state index in [1.807, 2.05) is 24.3 Å². The quantitative estimate of drug-likeness (QED) is 0.799. The first-order chi connectivity index (χ1) is 9.58. The third kappa shape index (κ3) is 3.41. The standard InChI is InChI=1S/C15H15NO4/c1-20-13-6-2-10(3-7-13)8-11-4-5-12(9-14(11)17)16-15(18)19/h2-7,9,16-17H,8H2,1H3,(H,18,19). The Kier molecular flexibility index (Phi) is 4.10. The molecule has 1 amide bonds. The Morgan fingerprint density at radius 3 is 2.45 bits per heavy atom. The summed E-state index contributed by atoms with van der Waals surface area (Å²) in [5, 5.41) is 20.7. The monoisotopic (exact) mass is 273 g/mol. The minimum atomic E-state index is -1.16. The van der Waals surface area contributed by atoms with E-state index in [0.717, 1.165) is 16.9 Å². The third-order valence-electron chi connectivity index (χ3n) is 2.89. The summed E-state index contributed by atoms with van der Waals surface area (Å²) in [6, 6.07) is 12.3. The van der Waals surface area contributed by atoms with E-state index in [1.165, 1.54) is 6.07 Å². The van der Waals surface area contributed by atoms with Gasteiger partial charge in [0, 0.05) is 18.2 Å². The van der Waals surface area contributed by atoms with E-state index in [4.69, 9.17) is 9.84 Å². The SMILES string of the molecule is COc1ccc(Cc2ccc(NC(=O)O)cc2O)cc1. The molecule has 2 aromatic carbocycles. The van der Waals surface area contributed by atoms with Gasteiger partial charge in [0.15, 0.2) is 0 Å². The lowest BCUT2D eigenvalue weighted by Crippen LogP contribution is -2.07. The molecule has 5 nitrogen and oxygen atoms in total. The molecule has 0 spiro atoms. The molecule has 104 valence electrons. The molecule has 0 unspecified atom stereocenters. The van der Waals surface area contributed by atoms with Crippen molar-refractivity contribution < 1.29 is 19.7 Å². The van der Waals surface area contributed by atoms with Gasteiger partial charge >= 0.3 is 6.09 Å². The number of phenolic OH excluding ortho intramolecular Hbond substituents is 1. The van der Waals surface area contributed by atoms with Crippen LogP contribution in [-0.2, 0) is 6.42 Å². The minimum Gasteiger partial charge on any atom is -0.508 e. The van der Waals surface area contributed by atoms with Gasteiger partial charge in [-0.1, -0.05) is 18.2 Å². The molecule has 0 aliphatic carbocycles. The summed E-state index contributed by atoms with van der Waals surface area (Å²) < 4.78 is 5.08. The van der Waals surface area contributed by atoms with Crippen LogP contribution in [0, 0.1) is 0 Å². The average molecular weight is 273 g/mol. The normalized spacial score (nSPS) is 10.1. The summed E-state index contributed by atoms with van der Waals surface area (Å²) in [5.74, 6) is 0.839. The number of ether oxygens (including phenoxy) is 1. The maximum atomic E-state index is 10.5. The van der Waals surface area contributed by atoms with Crippen LogP contribution in [0.25, 0.3) is 0 Å². The Morgan fingerprint density at radius 1 is 1.20 bits per heavy atom. The highest BCUT2D eigenvalue weighted by molar-refractivity contribution is 5.83. The lowest BCUT2D eigenvalue weighted by atomic mass is 10.0. The van der Waals surface area contributed by atoms with Gasteiger partial charge in [0.1, 0.15) is 11.5 Å². The van der Waals surface area contributed by atoms with Gasteiger partial charge in [-0.3, -0.25) is 5.32 Å². The van der Waals surface area contributed by atoms with Gasteiger partial charge in [0.05, 0.1) is 7.11 Å². The minimum absolute atomic E-state index is 0.0621. The molecule has 0 fully saturated rings. The number of nitrogens with one attached hydrogen (secondary N) is 1. The predicted octanol–water partition coefficient (Wildman–Crippen LogP) is 3.08. The second-order valence-electron chi connectivity index (χ2n) is 4.30. The van der Waals surface area contributed by atoms with E-state index in [-0.39, 0.29) is 5.75 Å². The number of amides is 1. The number of carbonyl (C=O) groups is 1. The van der Waals surface area contributed by atoms with Gasteiger partial charge in [0.25, 0.3) is 0 Å². The summed E-state index contributed by atoms with van der Waals surface area (Å²) in [5.41, 5.74) is 2.10. The molecule has 5 heteroatoms. The van der Waals surface area contributed by atoms with Crippen molar-refractivity contribution in [3.05, 3.63) is 53.6 Å². The van der Waals surface area contributed by atoms with E-state index in [9.17, 15) is 9.90 Å². The van der Waals surface area contributed by atoms with Crippen molar-refractivity contribution in [2.45, 2.75) is 6.42 Å². The smallest absolute Gasteiger partial charge is 0.409 e. The Morgan fingerprint density at radius 2 is 1.90 bits per heavy atom. The van der Waals surface area contributed by atoms with Crippen LogP contribution in [0.3, 0.4) is 0 Å². The average Bonchev–Trinajstić information content (AvgIpc) is 2.42. The number of aromatic hydroxyl groups is 1. The van der Waals surface area contributed by atoms with Crippen LogP contribution in [0.15, 0.2) is 42.5 Å². The Balaban J connectivity index is 2.14. The Hall–Kier alpha value is -2.69. The molecule has 2 rings (SSSR count). The molecule has 0 heterocycles. The molecule has 0 saturated carbocycles. The van der Waals surface area contributed by atoms with Crippen LogP contribution < -0.4 is 10.1 Å². The first-order valence-electron chi connectivity index (χ1n) is 6.03. The first kappa shape index (κ1) is 13.7. The highest BCUT2D eigenvalue weighted by Crippen LogP contribution is 2.25. The topological polar surface area (TPSA) is 78.8 Å². The van der Waals surface area contributed by atoms with Crippen LogP contribution in [-0.4, -0.2) is 23.4 Å². The molecular formula is C15H15NO4. The number of methoxy groups -OCH3 is 1. The molecule has 2 aromatic rings. The van der Waals surface area contributed by atoms with Crippen molar-refractivity contribution in [1.82, 2.24) is 0 Å². The van der Waals surface area contributed by atoms with Crippen LogP contribution in [0.5, 0.6) is 11.5 Å². The van der Waals surface area contributed by atoms with Crippen LogP contribution in [0.1, 0.15) is 11.1 Å². The number of hydrogen-bond donors (Lipinski definition) is 3. The van der Waals surface area contributed by atoms with Crippen molar-refractivity contribution in [2.75, 3.05) is 12.4 Å². The summed E-state index contributed by atoms with van der Waals surface area (Å²) in [6.07, 6.45) is -0.601. The summed E-state index contributed by atoms with van der Waals surface area (Å²) in [4.78, 5) is 10.5. The van der Waals surface area contributed by atoms with E-state index in [2.05, 4.69) is 5.32 Å². The van der Waals surface area contributed by atoms with Gasteiger partial charge in [-0.15, -0.1) is 0 Å². The number of hydrogen-bond acceptors (Lipinski definition) is 3. The van der Waals surface area contributed by atoms with Crippen molar-refractivity contribution in [1.29, 1.82) is 0 Å². The lowest BCUT2D eigenvalue weighted by molar-refractivity contribution is 0.210. The Labute approximate surface area is 116 Å². The molecule has 0 saturated heterocycles. The highest BCUT2D eigenvalue weighted by Gasteiger charge is 2.06. The summed E-state index contributed by atoms with van der Waals surface area (Å²) in [6.45, 7) is 0. The number of rotatable bonds is 4. The molecule has 3 N–H and O–H groups in total. The summed E-state index contributed by atoms with van der Waals surface area (Å²) in [7, 11) is 1.61. The van der Waals surface area contributed by atoms with Crippen LogP contribution in [0.4, 0.5) is 10.5 Å². The maximum absolute atomic E-state index is 10.5. The molecule has 0 aliphatic rings. The highest BCUT2D eigenvalue weighted by atomic mass is 16.5. The molecule has 0 radical (unpaired) electrons. The van der Waals surface area contributed by atoms with Crippen molar-refractivity contribution in [3.8, 4) is 11.5 Å². The number of anilines is 1. The largest absolute Gasteiger partial charge is 0.508 e. The van der Waals surface area contributed by atoms with Crippen LogP contribution in [0.2, 0.25) is 0 Å². The van der Waals surface area contributed by atoms with E-state index < -0.39 is 6.09 Å². The second-order valence-corrected chi connectivity index (χ2v) is 4.30. The van der Waals surface area contributed by atoms with Gasteiger partial charge < -0.3 is 14.9 Å². The van der Waals surface area contributed by atoms with Crippen molar-refractivity contribution in [3.63, 3.8) is 0 Å². The number of benzene rings is 2. The van der Waals surface area contributed by atoms with Gasteiger partial charge in [-0.25, -0.2) is 4.79 Å². The third-order valence-corrected chi connectivity index (χ3v) is 2.89. The molecule has 0 aromatic heterocycles. The van der Waals surface area contributed by atoms with Gasteiger partial charge in [0.2, 0.25) is 0 Å². The van der Waals surface area contributed by atoms with E-state index in [0.29, 0.717) is 12.1 Å². The van der Waals surface area contributed by atoms with Crippen LogP contribution >= 0.6 is 0 Å². The molecule has 20 heavy (non-hydrogen) atoms. The fraction of sp³-hybridized carbons (Fsp3) is 0.133. The van der Waals surface area contributed by atoms with Crippen molar-refractivity contribution >= 4 is 11.8 Å². The van der Waals surface area contributed by atoms with E-state index in [1.54, 1.807) is 19.2 Å². The molecule has 0 atom stereocenters. The summed E-state index contributed by atoms with van der Waals surface area (Å²) >= 11 is 0. The zero-order valence-electron chi connectivity index (χ0n) is 11.0. The van der Waals surface area contributed by atoms with Gasteiger partial charge in [-0.2, -0.15) is 0 Å². The molecule has 0 bridgehead atoms. The Bertz CT molecular complexity index is 608. The fourth-order valence-corrected chi connectivity index (χ4v) is 1.88. The zero-order chi connectivity index (χ0) is 14.5.